The molecule has 0 fully saturated rings. The Kier molecular flexibility index (Phi) is 12.1. The van der Waals surface area contributed by atoms with E-state index in [9.17, 15) is 30.7 Å². The van der Waals surface area contributed by atoms with Crippen LogP contribution in [0.15, 0.2) is 104 Å². The van der Waals surface area contributed by atoms with Crippen molar-refractivity contribution in [3.8, 4) is 33.9 Å². The van der Waals surface area contributed by atoms with Crippen molar-refractivity contribution in [1.82, 2.24) is 20.2 Å². The Morgan fingerprint density at radius 1 is 0.711 bits per heavy atom. The maximum Gasteiger partial charge on any atom is 0.431 e. The number of benzene rings is 2. The van der Waals surface area contributed by atoms with Crippen molar-refractivity contribution in [2.24, 2.45) is 0 Å². The second kappa shape index (κ2) is 15.7. The maximum atomic E-state index is 13.4. The van der Waals surface area contributed by atoms with E-state index < -0.39 is 35.1 Å². The third kappa shape index (κ3) is 9.56. The molecule has 0 N–H and O–H groups in total. The zero-order chi connectivity index (χ0) is 31.7. The van der Waals surface area contributed by atoms with Crippen molar-refractivity contribution in [3.05, 3.63) is 152 Å². The first-order valence-corrected chi connectivity index (χ1v) is 12.5. The number of hydrogen-bond acceptors (Lipinski definition) is 3. The molecule has 2 aromatic carbocycles. The van der Waals surface area contributed by atoms with E-state index in [-0.39, 0.29) is 36.9 Å². The number of pyridine rings is 3. The molecule has 4 heterocycles. The zero-order valence-corrected chi connectivity index (χ0v) is 25.1. The molecule has 45 heavy (non-hydrogen) atoms. The molecule has 233 valence electrons. The van der Waals surface area contributed by atoms with Crippen LogP contribution in [0.1, 0.15) is 5.69 Å². The van der Waals surface area contributed by atoms with Gasteiger partial charge in [0.15, 0.2) is 0 Å². The minimum absolute atomic E-state index is 0. The molecule has 1 radical (unpaired) electrons. The van der Waals surface area contributed by atoms with Crippen LogP contribution in [0.25, 0.3) is 33.9 Å². The van der Waals surface area contributed by atoms with E-state index in [1.807, 2.05) is 0 Å². The van der Waals surface area contributed by atoms with E-state index in [0.29, 0.717) is 17.1 Å². The molecule has 13 heteroatoms. The molecule has 0 saturated heterocycles. The quantitative estimate of drug-likeness (QED) is 0.107. The molecule has 0 aliphatic rings. The van der Waals surface area contributed by atoms with Crippen molar-refractivity contribution in [1.29, 1.82) is 0 Å². The Hall–Kier alpha value is -4.87. The SMILES string of the molecule is FC(F)(F)c1cc(-c2ccccn2)[n-]n1.Fc1c[c-]c(-c2ccccn2)c(F)c1.[CH2-][n+]1ccccc1-c1[c-]cc(F)cc1F.[Ir]. The van der Waals surface area contributed by atoms with Crippen LogP contribution in [-0.4, -0.2) is 15.1 Å². The Bertz CT molecular complexity index is 1810. The molecule has 0 spiro atoms. The van der Waals surface area contributed by atoms with E-state index in [0.717, 1.165) is 30.3 Å². The fraction of sp³-hybridized carbons (Fsp3) is 0.0312. The molecule has 0 aliphatic heterocycles. The summed E-state index contributed by atoms with van der Waals surface area (Å²) in [5.41, 5.74) is 0.908. The summed E-state index contributed by atoms with van der Waals surface area (Å²) >= 11 is 0. The summed E-state index contributed by atoms with van der Waals surface area (Å²) in [5.74, 6) is -2.56. The van der Waals surface area contributed by atoms with Crippen LogP contribution >= 0.6 is 0 Å². The van der Waals surface area contributed by atoms with Gasteiger partial charge >= 0.3 is 6.18 Å². The van der Waals surface area contributed by atoms with Gasteiger partial charge < -0.3 is 19.7 Å². The summed E-state index contributed by atoms with van der Waals surface area (Å²) in [6.45, 7) is 0. The molecule has 0 saturated carbocycles. The van der Waals surface area contributed by atoms with Crippen LogP contribution in [0.5, 0.6) is 0 Å². The van der Waals surface area contributed by atoms with E-state index >= 15 is 0 Å². The summed E-state index contributed by atoms with van der Waals surface area (Å²) in [4.78, 5) is 7.82. The predicted molar refractivity (Wildman–Crippen MR) is 146 cm³/mol. The Morgan fingerprint density at radius 3 is 1.76 bits per heavy atom. The number of alkyl halides is 3. The number of rotatable bonds is 3. The first-order valence-electron chi connectivity index (χ1n) is 12.5. The van der Waals surface area contributed by atoms with Gasteiger partial charge in [-0.2, -0.15) is 13.2 Å². The van der Waals surface area contributed by atoms with E-state index in [2.05, 4.69) is 39.3 Å². The molecular formula is C32H19F7IrN5-3. The monoisotopic (exact) mass is 799 g/mol. The Morgan fingerprint density at radius 2 is 1.27 bits per heavy atom. The van der Waals surface area contributed by atoms with Crippen LogP contribution in [-0.2, 0) is 26.3 Å². The number of halogens is 7. The van der Waals surface area contributed by atoms with Crippen LogP contribution in [0, 0.1) is 42.4 Å². The maximum absolute atomic E-state index is 13.4. The van der Waals surface area contributed by atoms with Crippen molar-refractivity contribution < 1.29 is 55.4 Å². The van der Waals surface area contributed by atoms with E-state index in [1.165, 1.54) is 10.8 Å². The van der Waals surface area contributed by atoms with Crippen LogP contribution in [0.2, 0.25) is 0 Å². The van der Waals surface area contributed by atoms with Gasteiger partial charge in [0.2, 0.25) is 0 Å². The summed E-state index contributed by atoms with van der Waals surface area (Å²) < 4.78 is 90.0. The second-order valence-corrected chi connectivity index (χ2v) is 8.68. The molecule has 0 unspecified atom stereocenters. The zero-order valence-electron chi connectivity index (χ0n) is 22.7. The van der Waals surface area contributed by atoms with Gasteiger partial charge in [-0.05, 0) is 41.6 Å². The topological polar surface area (TPSA) is 56.7 Å². The number of aromatic nitrogens is 5. The second-order valence-electron chi connectivity index (χ2n) is 8.68. The molecule has 0 bridgehead atoms. The molecule has 5 nitrogen and oxygen atoms in total. The van der Waals surface area contributed by atoms with Crippen LogP contribution in [0.4, 0.5) is 30.7 Å². The number of hydrogen-bond donors (Lipinski definition) is 0. The van der Waals surface area contributed by atoms with Gasteiger partial charge in [-0.3, -0.25) is 22.5 Å². The smallest absolute Gasteiger partial charge is 0.431 e. The fourth-order valence-electron chi connectivity index (χ4n) is 3.57. The van der Waals surface area contributed by atoms with Gasteiger partial charge in [-0.1, -0.05) is 53.7 Å². The molecule has 4 aromatic heterocycles. The summed E-state index contributed by atoms with van der Waals surface area (Å²) in [6, 6.07) is 25.0. The van der Waals surface area contributed by atoms with Gasteiger partial charge in [0.25, 0.3) is 0 Å². The van der Waals surface area contributed by atoms with Gasteiger partial charge in [-0.15, -0.1) is 24.3 Å². The van der Waals surface area contributed by atoms with Gasteiger partial charge in [0, 0.05) is 68.5 Å². The predicted octanol–water partition coefficient (Wildman–Crippen LogP) is 7.30. The summed E-state index contributed by atoms with van der Waals surface area (Å²) in [7, 11) is 3.70. The van der Waals surface area contributed by atoms with E-state index in [4.69, 9.17) is 0 Å². The number of nitrogens with zero attached hydrogens (tertiary/aromatic N) is 5. The van der Waals surface area contributed by atoms with Crippen molar-refractivity contribution >= 4 is 0 Å². The normalized spacial score (nSPS) is 10.5. The van der Waals surface area contributed by atoms with Crippen LogP contribution in [0.3, 0.4) is 0 Å². The average Bonchev–Trinajstić information content (AvgIpc) is 3.51. The molecule has 0 aliphatic carbocycles. The van der Waals surface area contributed by atoms with Crippen LogP contribution < -0.4 is 9.67 Å². The third-order valence-corrected chi connectivity index (χ3v) is 5.59. The Balaban J connectivity index is 0.000000182. The minimum atomic E-state index is -4.46. The van der Waals surface area contributed by atoms with Gasteiger partial charge in [0.1, 0.15) is 11.4 Å². The van der Waals surface area contributed by atoms with Crippen molar-refractivity contribution in [3.63, 3.8) is 0 Å². The third-order valence-electron chi connectivity index (χ3n) is 5.59. The average molecular weight is 799 g/mol. The summed E-state index contributed by atoms with van der Waals surface area (Å²) in [6.07, 6.45) is 0.259. The molecule has 6 rings (SSSR count). The summed E-state index contributed by atoms with van der Waals surface area (Å²) in [5, 5.41) is 6.47. The molecule has 6 aromatic rings. The molecule has 0 amide bonds. The first kappa shape index (κ1) is 34.6. The standard InChI is InChI=1S/C12H8F2N.C11H6F2N.C9H5F3N3.Ir/c1-15-7-3-2-4-12(15)10-6-5-9(13)8-11(10)14;12-8-4-5-9(10(13)7-8)11-3-1-2-6-14-11;10-9(11,12)8-5-7(14-15-8)6-3-1-2-4-13-6;/h2-5,7-8H,1H2;1-4,6-7H;1-5H;/q3*-1;. The minimum Gasteiger partial charge on any atom is -0.573 e. The van der Waals surface area contributed by atoms with Crippen molar-refractivity contribution in [2.75, 3.05) is 0 Å². The first-order chi connectivity index (χ1) is 21.0. The Labute approximate surface area is 266 Å². The molecular weight excluding hydrogens is 780 g/mol. The van der Waals surface area contributed by atoms with E-state index in [1.54, 1.807) is 67.0 Å². The van der Waals surface area contributed by atoms with Gasteiger partial charge in [0.05, 0.1) is 6.20 Å². The van der Waals surface area contributed by atoms with Gasteiger partial charge in [-0.25, -0.2) is 0 Å². The van der Waals surface area contributed by atoms with Crippen molar-refractivity contribution in [2.45, 2.75) is 6.18 Å². The fourth-order valence-corrected chi connectivity index (χ4v) is 3.57. The molecule has 0 atom stereocenters. The largest absolute Gasteiger partial charge is 0.573 e.